The predicted octanol–water partition coefficient (Wildman–Crippen LogP) is 2.99. The Morgan fingerprint density at radius 2 is 2.55 bits per heavy atom. The second-order valence-corrected chi connectivity index (χ2v) is 2.84. The molecule has 0 unspecified atom stereocenters. The van der Waals surface area contributed by atoms with Crippen LogP contribution < -0.4 is 0 Å². The van der Waals surface area contributed by atoms with E-state index in [0.29, 0.717) is 5.03 Å². The highest BCUT2D eigenvalue weighted by Gasteiger charge is 2.00. The lowest BCUT2D eigenvalue weighted by atomic mass is 10.1. The summed E-state index contributed by atoms with van der Waals surface area (Å²) in [4.78, 5) is 0. The lowest BCUT2D eigenvalue weighted by Gasteiger charge is -2.09. The Morgan fingerprint density at radius 1 is 1.73 bits per heavy atom. The molecule has 0 bridgehead atoms. The zero-order chi connectivity index (χ0) is 8.10. The van der Waals surface area contributed by atoms with Gasteiger partial charge in [0.2, 0.25) is 0 Å². The standard InChI is InChI=1S/C9H11ClO/c1-2-9(10)6-8-4-3-5-11-7-8/h2,6-7H,1,3-5H2/b9-6+. The summed E-state index contributed by atoms with van der Waals surface area (Å²) < 4.78 is 5.13. The van der Waals surface area contributed by atoms with Crippen LogP contribution in [0, 0.1) is 0 Å². The average Bonchev–Trinajstić information content (AvgIpc) is 2.06. The molecule has 0 aromatic rings. The third-order valence-electron chi connectivity index (χ3n) is 1.48. The number of ether oxygens (including phenoxy) is 1. The molecule has 1 heterocycles. The summed E-state index contributed by atoms with van der Waals surface area (Å²) in [5, 5.41) is 0.668. The van der Waals surface area contributed by atoms with Crippen LogP contribution in [0.25, 0.3) is 0 Å². The third kappa shape index (κ3) is 2.81. The van der Waals surface area contributed by atoms with Gasteiger partial charge in [0.05, 0.1) is 12.9 Å². The molecule has 0 spiro atoms. The van der Waals surface area contributed by atoms with E-state index in [9.17, 15) is 0 Å². The van der Waals surface area contributed by atoms with Crippen LogP contribution in [0.15, 0.2) is 35.6 Å². The maximum Gasteiger partial charge on any atom is 0.0876 e. The fourth-order valence-corrected chi connectivity index (χ4v) is 1.07. The van der Waals surface area contributed by atoms with Crippen LogP contribution in [0.3, 0.4) is 0 Å². The molecule has 0 aromatic heterocycles. The highest BCUT2D eigenvalue weighted by molar-refractivity contribution is 6.31. The van der Waals surface area contributed by atoms with Gasteiger partial charge in [-0.3, -0.25) is 0 Å². The van der Waals surface area contributed by atoms with Crippen molar-refractivity contribution in [1.29, 1.82) is 0 Å². The van der Waals surface area contributed by atoms with Gasteiger partial charge in [0.15, 0.2) is 0 Å². The van der Waals surface area contributed by atoms with Gasteiger partial charge in [-0.15, -0.1) is 0 Å². The molecule has 2 heteroatoms. The van der Waals surface area contributed by atoms with E-state index in [1.807, 2.05) is 6.08 Å². The molecule has 0 amide bonds. The molecular weight excluding hydrogens is 160 g/mol. The highest BCUT2D eigenvalue weighted by Crippen LogP contribution is 2.16. The first kappa shape index (κ1) is 8.41. The molecule has 0 fully saturated rings. The minimum atomic E-state index is 0.668. The lowest BCUT2D eigenvalue weighted by Crippen LogP contribution is -1.96. The van der Waals surface area contributed by atoms with Gasteiger partial charge >= 0.3 is 0 Å². The minimum Gasteiger partial charge on any atom is -0.501 e. The Hall–Kier alpha value is -0.690. The third-order valence-corrected chi connectivity index (χ3v) is 1.74. The molecule has 1 aliphatic rings. The van der Waals surface area contributed by atoms with Gasteiger partial charge in [-0.2, -0.15) is 0 Å². The number of hydrogen-bond donors (Lipinski definition) is 0. The normalized spacial score (nSPS) is 18.6. The van der Waals surface area contributed by atoms with Crippen molar-refractivity contribution in [3.63, 3.8) is 0 Å². The van der Waals surface area contributed by atoms with Crippen molar-refractivity contribution in [3.8, 4) is 0 Å². The number of halogens is 1. The predicted molar refractivity (Wildman–Crippen MR) is 47.4 cm³/mol. The van der Waals surface area contributed by atoms with Crippen molar-refractivity contribution >= 4 is 11.6 Å². The second-order valence-electron chi connectivity index (χ2n) is 2.40. The molecule has 0 radical (unpaired) electrons. The van der Waals surface area contributed by atoms with E-state index < -0.39 is 0 Å². The quantitative estimate of drug-likeness (QED) is 0.579. The molecule has 0 aliphatic carbocycles. The topological polar surface area (TPSA) is 9.23 Å². The van der Waals surface area contributed by atoms with E-state index in [4.69, 9.17) is 16.3 Å². The van der Waals surface area contributed by atoms with Crippen LogP contribution in [0.1, 0.15) is 12.8 Å². The summed E-state index contributed by atoms with van der Waals surface area (Å²) in [6.45, 7) is 4.38. The van der Waals surface area contributed by atoms with Crippen molar-refractivity contribution in [3.05, 3.63) is 35.6 Å². The fourth-order valence-electron chi connectivity index (χ4n) is 0.927. The first-order valence-electron chi connectivity index (χ1n) is 3.63. The van der Waals surface area contributed by atoms with Gasteiger partial charge in [0, 0.05) is 5.03 Å². The molecule has 0 aromatic carbocycles. The van der Waals surface area contributed by atoms with Gasteiger partial charge in [-0.25, -0.2) is 0 Å². The Bertz CT molecular complexity index is 204. The van der Waals surface area contributed by atoms with E-state index in [-0.39, 0.29) is 0 Å². The van der Waals surface area contributed by atoms with E-state index in [2.05, 4.69) is 6.58 Å². The van der Waals surface area contributed by atoms with Crippen molar-refractivity contribution in [2.75, 3.05) is 6.61 Å². The zero-order valence-electron chi connectivity index (χ0n) is 6.35. The van der Waals surface area contributed by atoms with Gasteiger partial charge in [-0.1, -0.05) is 24.3 Å². The van der Waals surface area contributed by atoms with Crippen LogP contribution in [0.4, 0.5) is 0 Å². The van der Waals surface area contributed by atoms with Crippen LogP contribution in [-0.2, 0) is 4.74 Å². The van der Waals surface area contributed by atoms with Crippen LogP contribution >= 0.6 is 11.6 Å². The van der Waals surface area contributed by atoms with E-state index in [1.54, 1.807) is 12.3 Å². The Kier molecular flexibility index (Phi) is 3.24. The van der Waals surface area contributed by atoms with E-state index in [1.165, 1.54) is 0 Å². The Labute approximate surface area is 72.0 Å². The van der Waals surface area contributed by atoms with E-state index in [0.717, 1.165) is 25.0 Å². The van der Waals surface area contributed by atoms with Crippen LogP contribution in [-0.4, -0.2) is 6.61 Å². The van der Waals surface area contributed by atoms with Crippen molar-refractivity contribution in [2.24, 2.45) is 0 Å². The molecular formula is C9H11ClO. The molecule has 1 nitrogen and oxygen atoms in total. The fraction of sp³-hybridized carbons (Fsp3) is 0.333. The molecule has 0 saturated heterocycles. The van der Waals surface area contributed by atoms with Gasteiger partial charge in [0.1, 0.15) is 0 Å². The molecule has 0 saturated carbocycles. The second kappa shape index (κ2) is 4.24. The minimum absolute atomic E-state index is 0.668. The number of allylic oxidation sites excluding steroid dienone is 4. The molecule has 11 heavy (non-hydrogen) atoms. The first-order valence-corrected chi connectivity index (χ1v) is 4.01. The summed E-state index contributed by atoms with van der Waals surface area (Å²) in [5.41, 5.74) is 1.14. The maximum absolute atomic E-state index is 5.75. The summed E-state index contributed by atoms with van der Waals surface area (Å²) in [7, 11) is 0. The average molecular weight is 171 g/mol. The summed E-state index contributed by atoms with van der Waals surface area (Å²) >= 11 is 5.75. The van der Waals surface area contributed by atoms with Gasteiger partial charge in [-0.05, 0) is 24.5 Å². The van der Waals surface area contributed by atoms with Gasteiger partial charge < -0.3 is 4.74 Å². The van der Waals surface area contributed by atoms with Crippen molar-refractivity contribution in [2.45, 2.75) is 12.8 Å². The summed E-state index contributed by atoms with van der Waals surface area (Å²) in [6.07, 6.45) is 7.38. The number of hydrogen-bond acceptors (Lipinski definition) is 1. The monoisotopic (exact) mass is 170 g/mol. The lowest BCUT2D eigenvalue weighted by molar-refractivity contribution is 0.227. The summed E-state index contributed by atoms with van der Waals surface area (Å²) in [5.74, 6) is 0. The highest BCUT2D eigenvalue weighted by atomic mass is 35.5. The molecule has 60 valence electrons. The van der Waals surface area contributed by atoms with Crippen molar-refractivity contribution < 1.29 is 4.74 Å². The van der Waals surface area contributed by atoms with E-state index >= 15 is 0 Å². The van der Waals surface area contributed by atoms with Crippen molar-refractivity contribution in [1.82, 2.24) is 0 Å². The first-order chi connectivity index (χ1) is 5.33. The molecule has 0 atom stereocenters. The maximum atomic E-state index is 5.75. The molecule has 0 N–H and O–H groups in total. The smallest absolute Gasteiger partial charge is 0.0876 e. The van der Waals surface area contributed by atoms with Gasteiger partial charge in [0.25, 0.3) is 0 Å². The van der Waals surface area contributed by atoms with Crippen LogP contribution in [0.5, 0.6) is 0 Å². The largest absolute Gasteiger partial charge is 0.501 e. The summed E-state index contributed by atoms with van der Waals surface area (Å²) in [6, 6.07) is 0. The number of rotatable bonds is 2. The zero-order valence-corrected chi connectivity index (χ0v) is 7.10. The molecule has 1 aliphatic heterocycles. The Morgan fingerprint density at radius 3 is 3.09 bits per heavy atom. The molecule has 1 rings (SSSR count). The Balaban J connectivity index is 2.59. The van der Waals surface area contributed by atoms with Crippen LogP contribution in [0.2, 0.25) is 0 Å². The SMILES string of the molecule is C=C/C(Cl)=C\C1=COCCC1.